The number of anilines is 1. The second kappa shape index (κ2) is 6.29. The van der Waals surface area contributed by atoms with E-state index in [4.69, 9.17) is 0 Å². The average Bonchev–Trinajstić information content (AvgIpc) is 2.37. The van der Waals surface area contributed by atoms with Crippen molar-refractivity contribution in [1.29, 1.82) is 0 Å². The molecular weight excluding hydrogens is 314 g/mol. The Morgan fingerprint density at radius 2 is 2.37 bits per heavy atom. The molecule has 0 saturated heterocycles. The molecule has 19 heavy (non-hydrogen) atoms. The maximum absolute atomic E-state index is 10.6. The van der Waals surface area contributed by atoms with Crippen LogP contribution >= 0.6 is 15.9 Å². The van der Waals surface area contributed by atoms with Crippen LogP contribution in [0.5, 0.6) is 0 Å². The highest BCUT2D eigenvalue weighted by Gasteiger charge is 2.20. The van der Waals surface area contributed by atoms with Crippen LogP contribution in [0.3, 0.4) is 0 Å². The van der Waals surface area contributed by atoms with Gasteiger partial charge in [-0.25, -0.2) is 4.98 Å². The van der Waals surface area contributed by atoms with Crippen LogP contribution in [0.1, 0.15) is 25.7 Å². The fourth-order valence-corrected chi connectivity index (χ4v) is 2.82. The standard InChI is InChI=1S/C12H16BrN3O3/c13-11-5-9(16(18)19)7-15-12(11)14-6-8-2-1-3-10(17)4-8/h5,7-8,10,17H,1-4,6H2,(H,14,15). The Morgan fingerprint density at radius 3 is 3.00 bits per heavy atom. The molecule has 1 saturated carbocycles. The maximum Gasteiger partial charge on any atom is 0.288 e. The number of nitrogens with zero attached hydrogens (tertiary/aromatic N) is 2. The van der Waals surface area contributed by atoms with Crippen molar-refractivity contribution < 1.29 is 10.0 Å². The molecule has 1 aromatic rings. The molecule has 2 rings (SSSR count). The third-order valence-corrected chi connectivity index (χ3v) is 3.96. The van der Waals surface area contributed by atoms with Crippen molar-refractivity contribution in [1.82, 2.24) is 4.98 Å². The number of halogens is 1. The van der Waals surface area contributed by atoms with Crippen molar-refractivity contribution in [2.45, 2.75) is 31.8 Å². The molecule has 2 atom stereocenters. The minimum absolute atomic E-state index is 0.0366. The van der Waals surface area contributed by atoms with Gasteiger partial charge in [-0.05, 0) is 41.1 Å². The number of aliphatic hydroxyl groups is 1. The number of nitro groups is 1. The Morgan fingerprint density at radius 1 is 1.58 bits per heavy atom. The fraction of sp³-hybridized carbons (Fsp3) is 0.583. The molecule has 0 radical (unpaired) electrons. The van der Waals surface area contributed by atoms with E-state index in [9.17, 15) is 15.2 Å². The molecule has 1 fully saturated rings. The topological polar surface area (TPSA) is 88.3 Å². The Kier molecular flexibility index (Phi) is 4.71. The summed E-state index contributed by atoms with van der Waals surface area (Å²) in [6, 6.07) is 1.44. The van der Waals surface area contributed by atoms with Crippen LogP contribution in [0.2, 0.25) is 0 Å². The summed E-state index contributed by atoms with van der Waals surface area (Å²) in [4.78, 5) is 14.2. The minimum Gasteiger partial charge on any atom is -0.393 e. The first-order valence-corrected chi connectivity index (χ1v) is 7.07. The Labute approximate surface area is 119 Å². The van der Waals surface area contributed by atoms with Gasteiger partial charge in [-0.3, -0.25) is 10.1 Å². The van der Waals surface area contributed by atoms with Gasteiger partial charge in [0.15, 0.2) is 0 Å². The molecule has 7 heteroatoms. The molecule has 1 heterocycles. The monoisotopic (exact) mass is 329 g/mol. The van der Waals surface area contributed by atoms with Gasteiger partial charge in [0, 0.05) is 12.6 Å². The van der Waals surface area contributed by atoms with E-state index in [2.05, 4.69) is 26.2 Å². The number of pyridine rings is 1. The zero-order chi connectivity index (χ0) is 13.8. The van der Waals surface area contributed by atoms with Crippen molar-refractivity contribution in [3.63, 3.8) is 0 Å². The highest BCUT2D eigenvalue weighted by atomic mass is 79.9. The quantitative estimate of drug-likeness (QED) is 0.655. The third-order valence-electron chi connectivity index (χ3n) is 3.35. The molecule has 0 aromatic carbocycles. The minimum atomic E-state index is -0.473. The summed E-state index contributed by atoms with van der Waals surface area (Å²) in [5, 5.41) is 23.4. The van der Waals surface area contributed by atoms with E-state index in [0.717, 1.165) is 32.2 Å². The van der Waals surface area contributed by atoms with Crippen LogP contribution in [0.25, 0.3) is 0 Å². The van der Waals surface area contributed by atoms with E-state index in [-0.39, 0.29) is 11.8 Å². The van der Waals surface area contributed by atoms with Crippen LogP contribution in [-0.2, 0) is 0 Å². The van der Waals surface area contributed by atoms with Crippen LogP contribution in [0.4, 0.5) is 11.5 Å². The molecule has 1 aromatic heterocycles. The van der Waals surface area contributed by atoms with Gasteiger partial charge in [-0.2, -0.15) is 0 Å². The van der Waals surface area contributed by atoms with Gasteiger partial charge in [0.25, 0.3) is 5.69 Å². The number of aromatic nitrogens is 1. The third kappa shape index (κ3) is 3.87. The number of hydrogen-bond donors (Lipinski definition) is 2. The molecular formula is C12H16BrN3O3. The molecule has 0 amide bonds. The summed E-state index contributed by atoms with van der Waals surface area (Å²) in [5.74, 6) is 1.03. The van der Waals surface area contributed by atoms with Crippen molar-refractivity contribution in [2.24, 2.45) is 5.92 Å². The van der Waals surface area contributed by atoms with E-state index >= 15 is 0 Å². The zero-order valence-electron chi connectivity index (χ0n) is 10.4. The predicted octanol–water partition coefficient (Wildman–Crippen LogP) is 2.72. The summed E-state index contributed by atoms with van der Waals surface area (Å²) >= 11 is 3.27. The Bertz CT molecular complexity index is 470. The van der Waals surface area contributed by atoms with Crippen molar-refractivity contribution in [3.05, 3.63) is 26.9 Å². The number of rotatable bonds is 4. The molecule has 6 nitrogen and oxygen atoms in total. The van der Waals surface area contributed by atoms with E-state index in [1.54, 1.807) is 0 Å². The van der Waals surface area contributed by atoms with Gasteiger partial charge in [0.1, 0.15) is 12.0 Å². The summed E-state index contributed by atoms with van der Waals surface area (Å²) in [6.45, 7) is 0.723. The van der Waals surface area contributed by atoms with Gasteiger partial charge >= 0.3 is 0 Å². The van der Waals surface area contributed by atoms with Gasteiger partial charge in [0.2, 0.25) is 0 Å². The number of aliphatic hydroxyl groups excluding tert-OH is 1. The molecule has 2 unspecified atom stereocenters. The smallest absolute Gasteiger partial charge is 0.288 e. The normalized spacial score (nSPS) is 23.1. The SMILES string of the molecule is O=[N+]([O-])c1cnc(NCC2CCCC(O)C2)c(Br)c1. The Hall–Kier alpha value is -1.21. The van der Waals surface area contributed by atoms with E-state index < -0.39 is 4.92 Å². The molecule has 104 valence electrons. The lowest BCUT2D eigenvalue weighted by Gasteiger charge is -2.26. The van der Waals surface area contributed by atoms with Crippen molar-refractivity contribution in [2.75, 3.05) is 11.9 Å². The number of nitrogens with one attached hydrogen (secondary N) is 1. The second-order valence-electron chi connectivity index (χ2n) is 4.85. The highest BCUT2D eigenvalue weighted by Crippen LogP contribution is 2.27. The Balaban J connectivity index is 1.94. The zero-order valence-corrected chi connectivity index (χ0v) is 12.0. The lowest BCUT2D eigenvalue weighted by Crippen LogP contribution is -2.25. The maximum atomic E-state index is 10.6. The molecule has 2 N–H and O–H groups in total. The molecule has 0 aliphatic heterocycles. The van der Waals surface area contributed by atoms with Crippen LogP contribution in [0.15, 0.2) is 16.7 Å². The van der Waals surface area contributed by atoms with Crippen molar-refractivity contribution >= 4 is 27.4 Å². The fourth-order valence-electron chi connectivity index (χ4n) is 2.35. The first-order valence-electron chi connectivity index (χ1n) is 6.28. The van der Waals surface area contributed by atoms with Crippen molar-refractivity contribution in [3.8, 4) is 0 Å². The van der Waals surface area contributed by atoms with Crippen LogP contribution in [-0.4, -0.2) is 27.7 Å². The first-order chi connectivity index (χ1) is 9.06. The molecule has 0 bridgehead atoms. The van der Waals surface area contributed by atoms with Gasteiger partial charge in [-0.1, -0.05) is 6.42 Å². The average molecular weight is 330 g/mol. The predicted molar refractivity (Wildman–Crippen MR) is 75.0 cm³/mol. The lowest BCUT2D eigenvalue weighted by molar-refractivity contribution is -0.385. The van der Waals surface area contributed by atoms with Crippen LogP contribution < -0.4 is 5.32 Å². The van der Waals surface area contributed by atoms with E-state index in [0.29, 0.717) is 16.2 Å². The largest absolute Gasteiger partial charge is 0.393 e. The summed E-state index contributed by atoms with van der Waals surface area (Å²) in [7, 11) is 0. The summed E-state index contributed by atoms with van der Waals surface area (Å²) in [5.41, 5.74) is -0.0366. The first kappa shape index (κ1) is 14.2. The van der Waals surface area contributed by atoms with Gasteiger partial charge in [-0.15, -0.1) is 0 Å². The van der Waals surface area contributed by atoms with Gasteiger partial charge in [0.05, 0.1) is 15.5 Å². The highest BCUT2D eigenvalue weighted by molar-refractivity contribution is 9.10. The molecule has 0 spiro atoms. The molecule has 1 aliphatic carbocycles. The summed E-state index contributed by atoms with van der Waals surface area (Å²) in [6.07, 6.45) is 4.86. The van der Waals surface area contributed by atoms with Crippen LogP contribution in [0, 0.1) is 16.0 Å². The number of hydrogen-bond acceptors (Lipinski definition) is 5. The second-order valence-corrected chi connectivity index (χ2v) is 5.70. The van der Waals surface area contributed by atoms with E-state index in [1.165, 1.54) is 12.3 Å². The summed E-state index contributed by atoms with van der Waals surface area (Å²) < 4.78 is 0.582. The lowest BCUT2D eigenvalue weighted by atomic mass is 9.87. The molecule has 1 aliphatic rings. The van der Waals surface area contributed by atoms with Gasteiger partial charge < -0.3 is 10.4 Å². The van der Waals surface area contributed by atoms with E-state index in [1.807, 2.05) is 0 Å².